The van der Waals surface area contributed by atoms with Gasteiger partial charge in [-0.05, 0) is 18.2 Å². The normalized spacial score (nSPS) is 10.4. The minimum Gasteiger partial charge on any atom is -0.298 e. The van der Waals surface area contributed by atoms with Crippen LogP contribution in [0.3, 0.4) is 0 Å². The summed E-state index contributed by atoms with van der Waals surface area (Å²) in [7, 11) is 0. The molecule has 92 valence electrons. The van der Waals surface area contributed by atoms with E-state index < -0.39 is 5.95 Å². The van der Waals surface area contributed by atoms with Gasteiger partial charge in [0, 0.05) is 17.2 Å². The topological polar surface area (TPSA) is 30.0 Å². The van der Waals surface area contributed by atoms with Gasteiger partial charge in [0.25, 0.3) is 0 Å². The van der Waals surface area contributed by atoms with Gasteiger partial charge in [-0.1, -0.05) is 34.8 Å². The predicted octanol–water partition coefficient (Wildman–Crippen LogP) is 4.66. The van der Waals surface area contributed by atoms with Crippen molar-refractivity contribution in [3.63, 3.8) is 0 Å². The molecule has 0 spiro atoms. The van der Waals surface area contributed by atoms with Crippen LogP contribution < -0.4 is 0 Å². The predicted molar refractivity (Wildman–Crippen MR) is 70.0 cm³/mol. The van der Waals surface area contributed by atoms with Gasteiger partial charge in [-0.2, -0.15) is 4.39 Å². The Labute approximate surface area is 117 Å². The summed E-state index contributed by atoms with van der Waals surface area (Å²) < 4.78 is 13.3. The zero-order valence-corrected chi connectivity index (χ0v) is 11.0. The van der Waals surface area contributed by atoms with E-state index >= 15 is 0 Å². The van der Waals surface area contributed by atoms with E-state index in [1.54, 1.807) is 0 Å². The average Bonchev–Trinajstić information content (AvgIpc) is 2.34. The summed E-state index contributed by atoms with van der Waals surface area (Å²) in [5.41, 5.74) is 0.604. The standard InChI is InChI=1S/C12H5Cl3FNO/c13-7-1-2-8(14)12(15)11(7)9-3-6(5-18)4-10(16)17-9/h1-5H. The summed E-state index contributed by atoms with van der Waals surface area (Å²) in [6.07, 6.45) is 0.515. The second kappa shape index (κ2) is 5.22. The third-order valence-electron chi connectivity index (χ3n) is 2.25. The molecule has 18 heavy (non-hydrogen) atoms. The lowest BCUT2D eigenvalue weighted by molar-refractivity contribution is 0.112. The summed E-state index contributed by atoms with van der Waals surface area (Å²) in [6, 6.07) is 5.45. The number of pyridine rings is 1. The highest BCUT2D eigenvalue weighted by Gasteiger charge is 2.14. The number of carbonyl (C=O) groups excluding carboxylic acids is 1. The maximum Gasteiger partial charge on any atom is 0.214 e. The number of carbonyl (C=O) groups is 1. The van der Waals surface area contributed by atoms with Crippen LogP contribution in [0.25, 0.3) is 11.3 Å². The number of nitrogens with zero attached hydrogens (tertiary/aromatic N) is 1. The third kappa shape index (κ3) is 2.48. The molecule has 0 aliphatic carbocycles. The molecule has 0 saturated carbocycles. The first-order valence-corrected chi connectivity index (χ1v) is 5.93. The number of aromatic nitrogens is 1. The molecule has 0 saturated heterocycles. The summed E-state index contributed by atoms with van der Waals surface area (Å²) in [5.74, 6) is -0.790. The number of rotatable bonds is 2. The number of benzene rings is 1. The van der Waals surface area contributed by atoms with E-state index in [0.29, 0.717) is 11.8 Å². The lowest BCUT2D eigenvalue weighted by Gasteiger charge is -2.08. The second-order valence-electron chi connectivity index (χ2n) is 3.44. The molecule has 0 aliphatic heterocycles. The molecule has 0 unspecified atom stereocenters. The number of hydrogen-bond donors (Lipinski definition) is 0. The molecule has 0 radical (unpaired) electrons. The fourth-order valence-electron chi connectivity index (χ4n) is 1.47. The quantitative estimate of drug-likeness (QED) is 0.459. The highest BCUT2D eigenvalue weighted by molar-refractivity contribution is 6.46. The van der Waals surface area contributed by atoms with Crippen molar-refractivity contribution in [3.8, 4) is 11.3 Å². The number of hydrogen-bond acceptors (Lipinski definition) is 2. The van der Waals surface area contributed by atoms with E-state index in [-0.39, 0.29) is 26.3 Å². The van der Waals surface area contributed by atoms with Gasteiger partial charge in [0.15, 0.2) is 0 Å². The van der Waals surface area contributed by atoms with Crippen molar-refractivity contribution in [3.05, 3.63) is 50.8 Å². The zero-order valence-electron chi connectivity index (χ0n) is 8.75. The molecule has 0 amide bonds. The maximum atomic E-state index is 13.3. The smallest absolute Gasteiger partial charge is 0.214 e. The van der Waals surface area contributed by atoms with Crippen molar-refractivity contribution in [1.29, 1.82) is 0 Å². The van der Waals surface area contributed by atoms with E-state index in [0.717, 1.165) is 6.07 Å². The molecule has 1 aromatic carbocycles. The highest BCUT2D eigenvalue weighted by Crippen LogP contribution is 2.38. The van der Waals surface area contributed by atoms with Crippen LogP contribution in [-0.4, -0.2) is 11.3 Å². The Hall–Kier alpha value is -1.16. The highest BCUT2D eigenvalue weighted by atomic mass is 35.5. The first-order valence-electron chi connectivity index (χ1n) is 4.79. The van der Waals surface area contributed by atoms with Crippen molar-refractivity contribution >= 4 is 41.1 Å². The first-order chi connectivity index (χ1) is 8.52. The van der Waals surface area contributed by atoms with Crippen LogP contribution in [0.1, 0.15) is 10.4 Å². The Morgan fingerprint density at radius 2 is 1.78 bits per heavy atom. The molecule has 6 heteroatoms. The molecule has 2 rings (SSSR count). The summed E-state index contributed by atoms with van der Waals surface area (Å²) >= 11 is 17.9. The summed E-state index contributed by atoms with van der Waals surface area (Å²) in [6.45, 7) is 0. The molecular formula is C12H5Cl3FNO. The van der Waals surface area contributed by atoms with Gasteiger partial charge in [-0.3, -0.25) is 4.79 Å². The Balaban J connectivity index is 2.72. The molecular weight excluding hydrogens is 299 g/mol. The molecule has 0 bridgehead atoms. The minimum absolute atomic E-state index is 0.143. The molecule has 1 aromatic heterocycles. The summed E-state index contributed by atoms with van der Waals surface area (Å²) in [5, 5.41) is 0.716. The molecule has 2 nitrogen and oxygen atoms in total. The molecule has 0 atom stereocenters. The van der Waals surface area contributed by atoms with Crippen molar-refractivity contribution in [2.24, 2.45) is 0 Å². The van der Waals surface area contributed by atoms with E-state index in [4.69, 9.17) is 34.8 Å². The SMILES string of the molecule is O=Cc1cc(F)nc(-c2c(Cl)ccc(Cl)c2Cl)c1. The Morgan fingerprint density at radius 3 is 2.44 bits per heavy atom. The van der Waals surface area contributed by atoms with Crippen LogP contribution in [0.4, 0.5) is 4.39 Å². The third-order valence-corrected chi connectivity index (χ3v) is 3.37. The van der Waals surface area contributed by atoms with Crippen molar-refractivity contribution in [2.45, 2.75) is 0 Å². The largest absolute Gasteiger partial charge is 0.298 e. The van der Waals surface area contributed by atoms with Crippen LogP contribution in [-0.2, 0) is 0 Å². The van der Waals surface area contributed by atoms with Crippen LogP contribution in [0.5, 0.6) is 0 Å². The van der Waals surface area contributed by atoms with E-state index in [1.165, 1.54) is 18.2 Å². The molecule has 1 heterocycles. The Kier molecular flexibility index (Phi) is 3.85. The van der Waals surface area contributed by atoms with Gasteiger partial charge in [0.05, 0.1) is 20.8 Å². The molecule has 0 aliphatic rings. The van der Waals surface area contributed by atoms with Gasteiger partial charge in [0.2, 0.25) is 5.95 Å². The van der Waals surface area contributed by atoms with Crippen LogP contribution in [0.15, 0.2) is 24.3 Å². The Bertz CT molecular complexity index is 631. The first kappa shape index (κ1) is 13.3. The molecule has 0 N–H and O–H groups in total. The molecule has 0 fully saturated rings. The van der Waals surface area contributed by atoms with Crippen LogP contribution >= 0.6 is 34.8 Å². The maximum absolute atomic E-state index is 13.3. The molecule has 2 aromatic rings. The lowest BCUT2D eigenvalue weighted by Crippen LogP contribution is -1.93. The van der Waals surface area contributed by atoms with Crippen molar-refractivity contribution in [2.75, 3.05) is 0 Å². The number of aldehydes is 1. The van der Waals surface area contributed by atoms with Crippen molar-refractivity contribution in [1.82, 2.24) is 4.98 Å². The fraction of sp³-hybridized carbons (Fsp3) is 0. The zero-order chi connectivity index (χ0) is 13.3. The van der Waals surface area contributed by atoms with Gasteiger partial charge in [-0.15, -0.1) is 0 Å². The van der Waals surface area contributed by atoms with Crippen LogP contribution in [0.2, 0.25) is 15.1 Å². The van der Waals surface area contributed by atoms with Gasteiger partial charge >= 0.3 is 0 Å². The van der Waals surface area contributed by atoms with Gasteiger partial charge < -0.3 is 0 Å². The lowest BCUT2D eigenvalue weighted by atomic mass is 10.1. The van der Waals surface area contributed by atoms with Gasteiger partial charge in [-0.25, -0.2) is 4.98 Å². The van der Waals surface area contributed by atoms with Gasteiger partial charge in [0.1, 0.15) is 6.29 Å². The van der Waals surface area contributed by atoms with E-state index in [2.05, 4.69) is 4.98 Å². The number of halogens is 4. The average molecular weight is 305 g/mol. The van der Waals surface area contributed by atoms with Crippen LogP contribution in [0, 0.1) is 5.95 Å². The second-order valence-corrected chi connectivity index (χ2v) is 4.64. The minimum atomic E-state index is -0.790. The summed E-state index contributed by atoms with van der Waals surface area (Å²) in [4.78, 5) is 14.4. The Morgan fingerprint density at radius 1 is 1.11 bits per heavy atom. The van der Waals surface area contributed by atoms with Crippen molar-refractivity contribution < 1.29 is 9.18 Å². The fourth-order valence-corrected chi connectivity index (χ4v) is 2.20. The monoisotopic (exact) mass is 303 g/mol. The van der Waals surface area contributed by atoms with E-state index in [9.17, 15) is 9.18 Å². The van der Waals surface area contributed by atoms with E-state index in [1.807, 2.05) is 0 Å².